The van der Waals surface area contributed by atoms with Gasteiger partial charge in [-0.15, -0.1) is 0 Å². The van der Waals surface area contributed by atoms with Crippen LogP contribution in [0.1, 0.15) is 6.42 Å². The first kappa shape index (κ1) is 9.29. The van der Waals surface area contributed by atoms with E-state index in [0.29, 0.717) is 11.6 Å². The topological polar surface area (TPSA) is 89.8 Å². The summed E-state index contributed by atoms with van der Waals surface area (Å²) < 4.78 is 1.86. The van der Waals surface area contributed by atoms with E-state index in [-0.39, 0.29) is 12.6 Å². The predicted molar refractivity (Wildman–Crippen MR) is 59.2 cm³/mol. The number of aliphatic hydroxyl groups excluding tert-OH is 1. The van der Waals surface area contributed by atoms with Gasteiger partial charge in [0.15, 0.2) is 5.65 Å². The van der Waals surface area contributed by atoms with E-state index in [1.165, 1.54) is 5.57 Å². The van der Waals surface area contributed by atoms with E-state index < -0.39 is 0 Å². The minimum Gasteiger partial charge on any atom is -0.396 e. The molecule has 0 spiro atoms. The van der Waals surface area contributed by atoms with Crippen molar-refractivity contribution < 1.29 is 5.11 Å². The third-order valence-electron chi connectivity index (χ3n) is 2.72. The number of aliphatic hydroxyl groups is 1. The van der Waals surface area contributed by atoms with Gasteiger partial charge in [0.05, 0.1) is 6.20 Å². The number of nitrogens with two attached hydrogens (primary N) is 1. The molecule has 6 heteroatoms. The molecule has 1 aliphatic carbocycles. The van der Waals surface area contributed by atoms with Crippen molar-refractivity contribution in [1.29, 1.82) is 0 Å². The first-order valence-corrected chi connectivity index (χ1v) is 5.04. The van der Waals surface area contributed by atoms with E-state index in [1.807, 2.05) is 10.8 Å². The van der Waals surface area contributed by atoms with Crippen molar-refractivity contribution in [2.75, 3.05) is 12.3 Å². The molecule has 6 nitrogen and oxygen atoms in total. The molecule has 2 aromatic heterocycles. The maximum absolute atomic E-state index is 8.95. The van der Waals surface area contributed by atoms with Gasteiger partial charge in [0.1, 0.15) is 11.8 Å². The molecule has 0 aromatic carbocycles. The standard InChI is InChI=1S/C10H11N5O/c11-10-12-2-8-9(14-10)13-5-15(8)3-6-1-7(6)4-16/h2-3,5,7,16H,1,4H2,(H2,11,12,14)/b6-3-. The molecule has 2 heterocycles. The lowest BCUT2D eigenvalue weighted by atomic mass is 10.4. The molecule has 0 radical (unpaired) electrons. The second-order valence-electron chi connectivity index (χ2n) is 3.88. The molecule has 1 aliphatic rings. The Hall–Kier alpha value is -1.95. The maximum Gasteiger partial charge on any atom is 0.222 e. The third-order valence-corrected chi connectivity index (χ3v) is 2.72. The van der Waals surface area contributed by atoms with Crippen LogP contribution in [-0.4, -0.2) is 31.2 Å². The van der Waals surface area contributed by atoms with Gasteiger partial charge < -0.3 is 15.4 Å². The molecular formula is C10H11N5O. The highest BCUT2D eigenvalue weighted by Gasteiger charge is 2.28. The van der Waals surface area contributed by atoms with Crippen LogP contribution in [0.3, 0.4) is 0 Å². The van der Waals surface area contributed by atoms with Gasteiger partial charge in [-0.1, -0.05) is 0 Å². The number of hydrogen-bond acceptors (Lipinski definition) is 5. The molecule has 3 rings (SSSR count). The van der Waals surface area contributed by atoms with Crippen molar-refractivity contribution in [2.45, 2.75) is 6.42 Å². The van der Waals surface area contributed by atoms with Crippen LogP contribution in [0.15, 0.2) is 18.1 Å². The van der Waals surface area contributed by atoms with E-state index in [2.05, 4.69) is 15.0 Å². The highest BCUT2D eigenvalue weighted by Crippen LogP contribution is 2.37. The first-order valence-electron chi connectivity index (χ1n) is 5.04. The second kappa shape index (κ2) is 3.28. The fourth-order valence-electron chi connectivity index (χ4n) is 1.68. The Bertz CT molecular complexity index is 574. The highest BCUT2D eigenvalue weighted by molar-refractivity contribution is 5.73. The van der Waals surface area contributed by atoms with E-state index in [0.717, 1.165) is 11.9 Å². The lowest BCUT2D eigenvalue weighted by molar-refractivity contribution is 0.281. The molecule has 0 amide bonds. The molecule has 1 saturated carbocycles. The number of anilines is 1. The minimum atomic E-state index is 0.210. The maximum atomic E-state index is 8.95. The van der Waals surface area contributed by atoms with Crippen LogP contribution in [0.25, 0.3) is 17.4 Å². The van der Waals surface area contributed by atoms with E-state index in [1.54, 1.807) is 12.5 Å². The number of aromatic nitrogens is 4. The van der Waals surface area contributed by atoms with Crippen LogP contribution in [0.5, 0.6) is 0 Å². The zero-order valence-corrected chi connectivity index (χ0v) is 8.54. The number of nitrogens with zero attached hydrogens (tertiary/aromatic N) is 4. The van der Waals surface area contributed by atoms with Crippen molar-refractivity contribution in [3.63, 3.8) is 0 Å². The average molecular weight is 217 g/mol. The summed E-state index contributed by atoms with van der Waals surface area (Å²) >= 11 is 0. The Morgan fingerprint density at radius 3 is 3.19 bits per heavy atom. The first-order chi connectivity index (χ1) is 7.78. The molecular weight excluding hydrogens is 206 g/mol. The van der Waals surface area contributed by atoms with Gasteiger partial charge in [-0.05, 0) is 12.0 Å². The Labute approximate surface area is 91.5 Å². The van der Waals surface area contributed by atoms with Gasteiger partial charge in [-0.2, -0.15) is 4.98 Å². The van der Waals surface area contributed by atoms with Gasteiger partial charge in [0.2, 0.25) is 5.95 Å². The smallest absolute Gasteiger partial charge is 0.222 e. The Kier molecular flexibility index (Phi) is 1.90. The quantitative estimate of drug-likeness (QED) is 0.753. The van der Waals surface area contributed by atoms with Crippen LogP contribution in [0.4, 0.5) is 5.95 Å². The predicted octanol–water partition coefficient (Wildman–Crippen LogP) is 0.262. The third kappa shape index (κ3) is 1.43. The largest absolute Gasteiger partial charge is 0.396 e. The van der Waals surface area contributed by atoms with E-state index >= 15 is 0 Å². The summed E-state index contributed by atoms with van der Waals surface area (Å²) in [5, 5.41) is 8.95. The zero-order chi connectivity index (χ0) is 11.1. The van der Waals surface area contributed by atoms with Crippen molar-refractivity contribution in [3.05, 3.63) is 18.1 Å². The van der Waals surface area contributed by atoms with Crippen molar-refractivity contribution >= 4 is 23.3 Å². The average Bonchev–Trinajstić information content (AvgIpc) is 2.92. The fourth-order valence-corrected chi connectivity index (χ4v) is 1.68. The molecule has 0 aliphatic heterocycles. The zero-order valence-electron chi connectivity index (χ0n) is 8.54. The SMILES string of the molecule is Nc1ncc2c(ncn2/C=C2/CC2CO)n1. The lowest BCUT2D eigenvalue weighted by Gasteiger charge is -1.95. The van der Waals surface area contributed by atoms with Crippen molar-refractivity contribution in [3.8, 4) is 0 Å². The Morgan fingerprint density at radius 2 is 2.44 bits per heavy atom. The number of rotatable bonds is 2. The van der Waals surface area contributed by atoms with Gasteiger partial charge >= 0.3 is 0 Å². The summed E-state index contributed by atoms with van der Waals surface area (Å²) in [6.45, 7) is 0.210. The summed E-state index contributed by atoms with van der Waals surface area (Å²) in [7, 11) is 0. The van der Waals surface area contributed by atoms with Gasteiger partial charge in [-0.3, -0.25) is 0 Å². The van der Waals surface area contributed by atoms with E-state index in [4.69, 9.17) is 10.8 Å². The van der Waals surface area contributed by atoms with Crippen molar-refractivity contribution in [1.82, 2.24) is 19.5 Å². The highest BCUT2D eigenvalue weighted by atomic mass is 16.3. The minimum absolute atomic E-state index is 0.210. The van der Waals surface area contributed by atoms with Crippen LogP contribution < -0.4 is 5.73 Å². The molecule has 82 valence electrons. The van der Waals surface area contributed by atoms with Crippen LogP contribution >= 0.6 is 0 Å². The summed E-state index contributed by atoms with van der Waals surface area (Å²) in [6, 6.07) is 0. The molecule has 3 N–H and O–H groups in total. The molecule has 16 heavy (non-hydrogen) atoms. The van der Waals surface area contributed by atoms with Gasteiger partial charge in [0.25, 0.3) is 0 Å². The molecule has 0 bridgehead atoms. The number of nitrogen functional groups attached to an aromatic ring is 1. The van der Waals surface area contributed by atoms with Gasteiger partial charge in [0, 0.05) is 18.7 Å². The fraction of sp³-hybridized carbons (Fsp3) is 0.300. The number of fused-ring (bicyclic) bond motifs is 1. The number of hydrogen-bond donors (Lipinski definition) is 2. The van der Waals surface area contributed by atoms with Crippen molar-refractivity contribution in [2.24, 2.45) is 5.92 Å². The summed E-state index contributed by atoms with van der Waals surface area (Å²) in [6.07, 6.45) is 6.25. The van der Waals surface area contributed by atoms with Crippen LogP contribution in [-0.2, 0) is 0 Å². The monoisotopic (exact) mass is 217 g/mol. The normalized spacial score (nSPS) is 21.8. The molecule has 1 fully saturated rings. The summed E-state index contributed by atoms with van der Waals surface area (Å²) in [5.74, 6) is 0.539. The molecule has 1 unspecified atom stereocenters. The lowest BCUT2D eigenvalue weighted by Crippen LogP contribution is -1.94. The second-order valence-corrected chi connectivity index (χ2v) is 3.88. The summed E-state index contributed by atoms with van der Waals surface area (Å²) in [4.78, 5) is 12.1. The van der Waals surface area contributed by atoms with Gasteiger partial charge in [-0.25, -0.2) is 9.97 Å². The van der Waals surface area contributed by atoms with E-state index in [9.17, 15) is 0 Å². The Balaban J connectivity index is 2.02. The summed E-state index contributed by atoms with van der Waals surface area (Å²) in [5.41, 5.74) is 8.10. The Morgan fingerprint density at radius 1 is 1.56 bits per heavy atom. The molecule has 0 saturated heterocycles. The van der Waals surface area contributed by atoms with Crippen LogP contribution in [0.2, 0.25) is 0 Å². The molecule has 1 atom stereocenters. The molecule has 2 aromatic rings. The number of imidazole rings is 1. The van der Waals surface area contributed by atoms with Crippen LogP contribution in [0, 0.1) is 5.92 Å².